The Kier molecular flexibility index (Phi) is 3.70. The Morgan fingerprint density at radius 1 is 1.28 bits per heavy atom. The molecule has 0 amide bonds. The molecule has 3 atom stereocenters. The van der Waals surface area contributed by atoms with Crippen LogP contribution in [0.15, 0.2) is 4.99 Å². The summed E-state index contributed by atoms with van der Waals surface area (Å²) in [5, 5.41) is 0. The SMILES string of the molecule is NC1=NCC(C2CCCOC2)N1CC1CCCO1. The van der Waals surface area contributed by atoms with Crippen LogP contribution in [0.5, 0.6) is 0 Å². The second-order valence-corrected chi connectivity index (χ2v) is 5.53. The molecule has 0 bridgehead atoms. The van der Waals surface area contributed by atoms with Gasteiger partial charge in [0.2, 0.25) is 0 Å². The second kappa shape index (κ2) is 5.45. The molecule has 18 heavy (non-hydrogen) atoms. The maximum Gasteiger partial charge on any atom is 0.191 e. The van der Waals surface area contributed by atoms with Crippen LogP contribution >= 0.6 is 0 Å². The summed E-state index contributed by atoms with van der Waals surface area (Å²) in [5.41, 5.74) is 6.03. The molecule has 0 aromatic rings. The first-order valence-corrected chi connectivity index (χ1v) is 7.10. The standard InChI is InChI=1S/C13H23N3O2/c14-13-15-7-12(10-3-1-5-17-9-10)16(13)8-11-4-2-6-18-11/h10-12H,1-9H2,(H2,14,15). The lowest BCUT2D eigenvalue weighted by Gasteiger charge is -2.35. The quantitative estimate of drug-likeness (QED) is 0.800. The predicted molar refractivity (Wildman–Crippen MR) is 69.5 cm³/mol. The van der Waals surface area contributed by atoms with E-state index < -0.39 is 0 Å². The van der Waals surface area contributed by atoms with Crippen LogP contribution in [0.3, 0.4) is 0 Å². The molecule has 0 aliphatic carbocycles. The first-order valence-electron chi connectivity index (χ1n) is 7.10. The highest BCUT2D eigenvalue weighted by Crippen LogP contribution is 2.26. The Morgan fingerprint density at radius 2 is 2.17 bits per heavy atom. The minimum Gasteiger partial charge on any atom is -0.381 e. The molecule has 2 N–H and O–H groups in total. The maximum absolute atomic E-state index is 6.03. The fourth-order valence-corrected chi connectivity index (χ4v) is 3.26. The molecule has 5 heteroatoms. The van der Waals surface area contributed by atoms with Gasteiger partial charge < -0.3 is 20.1 Å². The summed E-state index contributed by atoms with van der Waals surface area (Å²) in [7, 11) is 0. The largest absolute Gasteiger partial charge is 0.381 e. The van der Waals surface area contributed by atoms with Crippen LogP contribution in [-0.4, -0.2) is 55.9 Å². The van der Waals surface area contributed by atoms with E-state index in [1.165, 1.54) is 12.8 Å². The molecular formula is C13H23N3O2. The molecule has 0 saturated carbocycles. The highest BCUT2D eigenvalue weighted by atomic mass is 16.5. The Labute approximate surface area is 108 Å². The van der Waals surface area contributed by atoms with Gasteiger partial charge in [0, 0.05) is 25.7 Å². The molecule has 0 aromatic heterocycles. The lowest BCUT2D eigenvalue weighted by Crippen LogP contribution is -2.49. The molecule has 0 aromatic carbocycles. The normalized spacial score (nSPS) is 37.0. The zero-order valence-corrected chi connectivity index (χ0v) is 10.9. The zero-order valence-electron chi connectivity index (χ0n) is 10.9. The van der Waals surface area contributed by atoms with E-state index in [4.69, 9.17) is 15.2 Å². The summed E-state index contributed by atoms with van der Waals surface area (Å²) < 4.78 is 11.3. The van der Waals surface area contributed by atoms with Crippen molar-refractivity contribution in [1.29, 1.82) is 0 Å². The molecule has 3 aliphatic heterocycles. The fourth-order valence-electron chi connectivity index (χ4n) is 3.26. The molecule has 5 nitrogen and oxygen atoms in total. The van der Waals surface area contributed by atoms with Crippen molar-refractivity contribution in [3.8, 4) is 0 Å². The highest BCUT2D eigenvalue weighted by Gasteiger charge is 2.35. The highest BCUT2D eigenvalue weighted by molar-refractivity contribution is 5.80. The van der Waals surface area contributed by atoms with Crippen molar-refractivity contribution in [3.05, 3.63) is 0 Å². The fraction of sp³-hybridized carbons (Fsp3) is 0.923. The van der Waals surface area contributed by atoms with Crippen LogP contribution in [0, 0.1) is 5.92 Å². The van der Waals surface area contributed by atoms with Gasteiger partial charge in [-0.05, 0) is 25.7 Å². The van der Waals surface area contributed by atoms with E-state index in [0.717, 1.165) is 45.8 Å². The molecule has 102 valence electrons. The van der Waals surface area contributed by atoms with E-state index >= 15 is 0 Å². The summed E-state index contributed by atoms with van der Waals surface area (Å²) in [6.07, 6.45) is 5.05. The van der Waals surface area contributed by atoms with Crippen LogP contribution in [0.25, 0.3) is 0 Å². The Morgan fingerprint density at radius 3 is 2.89 bits per heavy atom. The van der Waals surface area contributed by atoms with E-state index in [9.17, 15) is 0 Å². The summed E-state index contributed by atoms with van der Waals surface area (Å²) in [6, 6.07) is 0.425. The third-order valence-corrected chi connectivity index (χ3v) is 4.30. The van der Waals surface area contributed by atoms with E-state index in [-0.39, 0.29) is 0 Å². The third-order valence-electron chi connectivity index (χ3n) is 4.30. The number of nitrogens with zero attached hydrogens (tertiary/aromatic N) is 2. The van der Waals surface area contributed by atoms with Crippen LogP contribution in [0.4, 0.5) is 0 Å². The first-order chi connectivity index (χ1) is 8.84. The van der Waals surface area contributed by atoms with E-state index in [1.54, 1.807) is 0 Å². The zero-order chi connectivity index (χ0) is 12.4. The van der Waals surface area contributed by atoms with Crippen molar-refractivity contribution >= 4 is 5.96 Å². The first kappa shape index (κ1) is 12.2. The topological polar surface area (TPSA) is 60.1 Å². The van der Waals surface area contributed by atoms with Crippen molar-refractivity contribution < 1.29 is 9.47 Å². The predicted octanol–water partition coefficient (Wildman–Crippen LogP) is 0.591. The number of hydrogen-bond acceptors (Lipinski definition) is 5. The number of rotatable bonds is 3. The van der Waals surface area contributed by atoms with E-state index in [1.807, 2.05) is 0 Å². The molecule has 3 aliphatic rings. The van der Waals surface area contributed by atoms with Gasteiger partial charge in [-0.25, -0.2) is 0 Å². The minimum absolute atomic E-state index is 0.337. The molecule has 2 saturated heterocycles. The molecular weight excluding hydrogens is 230 g/mol. The van der Waals surface area contributed by atoms with Gasteiger partial charge in [-0.3, -0.25) is 4.99 Å². The number of guanidine groups is 1. The minimum atomic E-state index is 0.337. The number of hydrogen-bond donors (Lipinski definition) is 1. The number of ether oxygens (including phenoxy) is 2. The van der Waals surface area contributed by atoms with E-state index in [2.05, 4.69) is 9.89 Å². The lowest BCUT2D eigenvalue weighted by molar-refractivity contribution is 0.0181. The third kappa shape index (κ3) is 2.47. The van der Waals surface area contributed by atoms with Gasteiger partial charge >= 0.3 is 0 Å². The van der Waals surface area contributed by atoms with Gasteiger partial charge in [-0.15, -0.1) is 0 Å². The van der Waals surface area contributed by atoms with Crippen molar-refractivity contribution in [1.82, 2.24) is 4.90 Å². The molecule has 3 unspecified atom stereocenters. The maximum atomic E-state index is 6.03. The van der Waals surface area contributed by atoms with Gasteiger partial charge in [0.1, 0.15) is 0 Å². The van der Waals surface area contributed by atoms with Gasteiger partial charge in [0.15, 0.2) is 5.96 Å². The molecule has 3 heterocycles. The number of aliphatic imine (C=N–C) groups is 1. The van der Waals surface area contributed by atoms with Crippen LogP contribution in [0.2, 0.25) is 0 Å². The van der Waals surface area contributed by atoms with E-state index in [0.29, 0.717) is 24.0 Å². The summed E-state index contributed by atoms with van der Waals surface area (Å²) >= 11 is 0. The van der Waals surface area contributed by atoms with Gasteiger partial charge in [0.05, 0.1) is 25.3 Å². The monoisotopic (exact) mass is 253 g/mol. The molecule has 0 radical (unpaired) electrons. The van der Waals surface area contributed by atoms with Crippen molar-refractivity contribution in [2.45, 2.75) is 37.8 Å². The van der Waals surface area contributed by atoms with Crippen molar-refractivity contribution in [2.75, 3.05) is 32.9 Å². The smallest absolute Gasteiger partial charge is 0.191 e. The summed E-state index contributed by atoms with van der Waals surface area (Å²) in [4.78, 5) is 6.68. The Balaban J connectivity index is 1.62. The lowest BCUT2D eigenvalue weighted by atomic mass is 9.93. The van der Waals surface area contributed by atoms with Crippen LogP contribution in [0.1, 0.15) is 25.7 Å². The Bertz CT molecular complexity index is 309. The average Bonchev–Trinajstić information content (AvgIpc) is 3.03. The Hall–Kier alpha value is -0.810. The summed E-state index contributed by atoms with van der Waals surface area (Å²) in [6.45, 7) is 4.39. The van der Waals surface area contributed by atoms with Crippen molar-refractivity contribution in [2.24, 2.45) is 16.6 Å². The van der Waals surface area contributed by atoms with Crippen molar-refractivity contribution in [3.63, 3.8) is 0 Å². The van der Waals surface area contributed by atoms with Gasteiger partial charge in [-0.1, -0.05) is 0 Å². The number of nitrogens with two attached hydrogens (primary N) is 1. The van der Waals surface area contributed by atoms with Crippen LogP contribution in [-0.2, 0) is 9.47 Å². The van der Waals surface area contributed by atoms with Gasteiger partial charge in [0.25, 0.3) is 0 Å². The molecule has 0 spiro atoms. The summed E-state index contributed by atoms with van der Waals surface area (Å²) in [5.74, 6) is 1.27. The van der Waals surface area contributed by atoms with Gasteiger partial charge in [-0.2, -0.15) is 0 Å². The second-order valence-electron chi connectivity index (χ2n) is 5.53. The average molecular weight is 253 g/mol. The van der Waals surface area contributed by atoms with Crippen LogP contribution < -0.4 is 5.73 Å². The molecule has 2 fully saturated rings. The molecule has 3 rings (SSSR count).